The largest absolute Gasteiger partial charge is 0.308 e. The van der Waals surface area contributed by atoms with E-state index >= 15 is 0 Å². The minimum atomic E-state index is -0.302. The van der Waals surface area contributed by atoms with Gasteiger partial charge in [0, 0.05) is 27.1 Å². The van der Waals surface area contributed by atoms with E-state index in [2.05, 4.69) is 94.9 Å². The fourth-order valence-electron chi connectivity index (χ4n) is 6.62. The molecule has 0 bridgehead atoms. The fourth-order valence-corrected chi connectivity index (χ4v) is 6.62. The van der Waals surface area contributed by atoms with E-state index in [0.717, 1.165) is 71.7 Å². The maximum Gasteiger partial charge on any atom is 0.123 e. The first kappa shape index (κ1) is 24.2. The molecule has 2 aromatic heterocycles. The van der Waals surface area contributed by atoms with E-state index in [9.17, 15) is 9.65 Å². The van der Waals surface area contributed by atoms with Crippen LogP contribution < -0.4 is 0 Å². The third-order valence-corrected chi connectivity index (χ3v) is 8.32. The highest BCUT2D eigenvalue weighted by Gasteiger charge is 2.26. The zero-order valence-corrected chi connectivity index (χ0v) is 22.8. The van der Waals surface area contributed by atoms with Crippen molar-refractivity contribution in [3.05, 3.63) is 144 Å². The maximum absolute atomic E-state index is 14.3. The van der Waals surface area contributed by atoms with Crippen molar-refractivity contribution < 1.29 is 4.39 Å². The van der Waals surface area contributed by atoms with E-state index in [1.165, 1.54) is 12.1 Å². The topological polar surface area (TPSA) is 33.6 Å². The predicted molar refractivity (Wildman–Crippen MR) is 170 cm³/mol. The van der Waals surface area contributed by atoms with Crippen LogP contribution in [0.2, 0.25) is 0 Å². The van der Waals surface area contributed by atoms with Crippen LogP contribution in [0.15, 0.2) is 127 Å². The minimum absolute atomic E-state index is 0.302. The molecule has 6 aromatic carbocycles. The molecular formula is C38H24FN3. The molecule has 0 unspecified atom stereocenters. The molecule has 0 aliphatic carbocycles. The summed E-state index contributed by atoms with van der Waals surface area (Å²) < 4.78 is 18.9. The maximum atomic E-state index is 14.3. The lowest BCUT2D eigenvalue weighted by Crippen LogP contribution is -2.08. The van der Waals surface area contributed by atoms with Crippen LogP contribution in [0, 0.1) is 24.1 Å². The molecule has 198 valence electrons. The van der Waals surface area contributed by atoms with Gasteiger partial charge in [0.25, 0.3) is 0 Å². The summed E-state index contributed by atoms with van der Waals surface area (Å²) in [5.74, 6) is -0.302. The van der Waals surface area contributed by atoms with Crippen LogP contribution in [-0.2, 0) is 0 Å². The molecule has 4 heteroatoms. The first-order valence-corrected chi connectivity index (χ1v) is 14.0. The number of nitriles is 1. The Labute approximate surface area is 241 Å². The Morgan fingerprint density at radius 1 is 0.548 bits per heavy atom. The van der Waals surface area contributed by atoms with Gasteiger partial charge in [-0.2, -0.15) is 5.26 Å². The molecule has 3 nitrogen and oxygen atoms in total. The third kappa shape index (κ3) is 3.38. The van der Waals surface area contributed by atoms with Crippen molar-refractivity contribution in [2.45, 2.75) is 6.92 Å². The van der Waals surface area contributed by atoms with Gasteiger partial charge < -0.3 is 9.13 Å². The van der Waals surface area contributed by atoms with E-state index in [4.69, 9.17) is 0 Å². The standard InChI is InChI=1S/C38H24FN3/c1-24-22-26(23-40)38(42-34-16-8-4-12-30(34)31-13-5-9-17-35(31)42)36(25-18-20-27(39)21-19-25)37(24)41-32-14-6-2-10-28(32)29-11-3-7-15-33(29)41/h2-22H,1H3. The molecule has 0 aliphatic heterocycles. The Bertz CT molecular complexity index is 2280. The van der Waals surface area contributed by atoms with Crippen LogP contribution in [0.1, 0.15) is 11.1 Å². The van der Waals surface area contributed by atoms with Gasteiger partial charge in [0.2, 0.25) is 0 Å². The van der Waals surface area contributed by atoms with E-state index < -0.39 is 0 Å². The van der Waals surface area contributed by atoms with Crippen LogP contribution in [0.4, 0.5) is 4.39 Å². The molecule has 0 amide bonds. The molecule has 0 radical (unpaired) electrons. The Hall–Kier alpha value is -5.66. The van der Waals surface area contributed by atoms with Gasteiger partial charge in [-0.1, -0.05) is 84.9 Å². The molecule has 0 fully saturated rings. The number of rotatable bonds is 3. The van der Waals surface area contributed by atoms with Crippen molar-refractivity contribution in [2.24, 2.45) is 0 Å². The van der Waals surface area contributed by atoms with E-state index in [1.54, 1.807) is 0 Å². The van der Waals surface area contributed by atoms with Crippen molar-refractivity contribution >= 4 is 43.6 Å². The average Bonchev–Trinajstić information content (AvgIpc) is 3.54. The van der Waals surface area contributed by atoms with Crippen molar-refractivity contribution in [1.82, 2.24) is 9.13 Å². The molecule has 8 aromatic rings. The summed E-state index contributed by atoms with van der Waals surface area (Å²) in [6.45, 7) is 2.06. The zero-order valence-electron chi connectivity index (χ0n) is 22.8. The van der Waals surface area contributed by atoms with Crippen molar-refractivity contribution in [1.29, 1.82) is 5.26 Å². The number of aryl methyl sites for hydroxylation is 1. The first-order chi connectivity index (χ1) is 20.7. The molecule has 42 heavy (non-hydrogen) atoms. The summed E-state index contributed by atoms with van der Waals surface area (Å²) in [6.07, 6.45) is 0. The lowest BCUT2D eigenvalue weighted by Gasteiger charge is -2.23. The highest BCUT2D eigenvalue weighted by atomic mass is 19.1. The quantitative estimate of drug-likeness (QED) is 0.219. The Morgan fingerprint density at radius 3 is 1.38 bits per heavy atom. The highest BCUT2D eigenvalue weighted by Crippen LogP contribution is 2.44. The SMILES string of the molecule is Cc1cc(C#N)c(-n2c3ccccc3c3ccccc32)c(-c2ccc(F)cc2)c1-n1c2ccccc2c2ccccc21. The third-order valence-electron chi connectivity index (χ3n) is 8.32. The highest BCUT2D eigenvalue weighted by molar-refractivity contribution is 6.12. The molecular weight excluding hydrogens is 517 g/mol. The average molecular weight is 542 g/mol. The Kier molecular flexibility index (Phi) is 5.29. The normalized spacial score (nSPS) is 11.5. The molecule has 0 saturated heterocycles. The molecule has 0 N–H and O–H groups in total. The molecule has 0 atom stereocenters. The van der Waals surface area contributed by atoms with Crippen LogP contribution in [0.5, 0.6) is 0 Å². The van der Waals surface area contributed by atoms with Gasteiger partial charge in [0.15, 0.2) is 0 Å². The lowest BCUT2D eigenvalue weighted by atomic mass is 9.94. The smallest absolute Gasteiger partial charge is 0.123 e. The minimum Gasteiger partial charge on any atom is -0.308 e. The summed E-state index contributed by atoms with van der Waals surface area (Å²) in [5.41, 5.74) is 9.15. The van der Waals surface area contributed by atoms with Crippen LogP contribution in [0.3, 0.4) is 0 Å². The van der Waals surface area contributed by atoms with Gasteiger partial charge in [0.05, 0.1) is 39.0 Å². The molecule has 2 heterocycles. The number of aromatic nitrogens is 2. The van der Waals surface area contributed by atoms with E-state index in [0.29, 0.717) is 5.56 Å². The van der Waals surface area contributed by atoms with Crippen molar-refractivity contribution in [2.75, 3.05) is 0 Å². The second kappa shape index (κ2) is 9.19. The van der Waals surface area contributed by atoms with E-state index in [1.807, 2.05) is 42.5 Å². The number of fused-ring (bicyclic) bond motifs is 6. The summed E-state index contributed by atoms with van der Waals surface area (Å²) in [4.78, 5) is 0. The van der Waals surface area contributed by atoms with Crippen LogP contribution in [-0.4, -0.2) is 9.13 Å². The lowest BCUT2D eigenvalue weighted by molar-refractivity contribution is 0.628. The second-order valence-electron chi connectivity index (χ2n) is 10.7. The summed E-state index contributed by atoms with van der Waals surface area (Å²) >= 11 is 0. The van der Waals surface area contributed by atoms with Crippen LogP contribution >= 0.6 is 0 Å². The van der Waals surface area contributed by atoms with E-state index in [-0.39, 0.29) is 5.82 Å². The second-order valence-corrected chi connectivity index (χ2v) is 10.7. The van der Waals surface area contributed by atoms with Gasteiger partial charge in [-0.15, -0.1) is 0 Å². The number of hydrogen-bond donors (Lipinski definition) is 0. The number of halogens is 1. The molecule has 8 rings (SSSR count). The number of para-hydroxylation sites is 4. The first-order valence-electron chi connectivity index (χ1n) is 14.0. The molecule has 0 aliphatic rings. The molecule has 0 spiro atoms. The Morgan fingerprint density at radius 2 is 0.952 bits per heavy atom. The zero-order chi connectivity index (χ0) is 28.4. The van der Waals surface area contributed by atoms with Crippen LogP contribution in [0.25, 0.3) is 66.1 Å². The summed E-state index contributed by atoms with van der Waals surface area (Å²) in [6, 6.07) is 44.6. The monoisotopic (exact) mass is 541 g/mol. The van der Waals surface area contributed by atoms with Gasteiger partial charge in [0.1, 0.15) is 11.9 Å². The van der Waals surface area contributed by atoms with Gasteiger partial charge >= 0.3 is 0 Å². The van der Waals surface area contributed by atoms with Gasteiger partial charge in [-0.25, -0.2) is 4.39 Å². The number of benzene rings is 6. The molecule has 0 saturated carbocycles. The van der Waals surface area contributed by atoms with Crippen molar-refractivity contribution in [3.63, 3.8) is 0 Å². The van der Waals surface area contributed by atoms with Gasteiger partial charge in [-0.3, -0.25) is 0 Å². The summed E-state index contributed by atoms with van der Waals surface area (Å²) in [5, 5.41) is 15.2. The Balaban J connectivity index is 1.64. The predicted octanol–water partition coefficient (Wildman–Crippen LogP) is 9.87. The van der Waals surface area contributed by atoms with Crippen molar-refractivity contribution in [3.8, 4) is 28.6 Å². The fraction of sp³-hybridized carbons (Fsp3) is 0.0263. The van der Waals surface area contributed by atoms with Gasteiger partial charge in [-0.05, 0) is 60.5 Å². The summed E-state index contributed by atoms with van der Waals surface area (Å²) in [7, 11) is 0. The number of nitrogens with zero attached hydrogens (tertiary/aromatic N) is 3. The number of hydrogen-bond acceptors (Lipinski definition) is 1.